The lowest BCUT2D eigenvalue weighted by Gasteiger charge is -2.38. The molecule has 0 saturated carbocycles. The summed E-state index contributed by atoms with van der Waals surface area (Å²) >= 11 is 91.3. The van der Waals surface area contributed by atoms with Gasteiger partial charge in [0, 0.05) is 0 Å². The average Bonchev–Trinajstić information content (AvgIpc) is 2.49. The Labute approximate surface area is 248 Å². The van der Waals surface area contributed by atoms with Gasteiger partial charge in [0.15, 0.2) is 13.0 Å². The van der Waals surface area contributed by atoms with Gasteiger partial charge in [-0.25, -0.2) is 0 Å². The summed E-state index contributed by atoms with van der Waals surface area (Å²) in [5.41, 5.74) is -0.846. The van der Waals surface area contributed by atoms with E-state index in [1.165, 1.54) is 6.92 Å². The Kier molecular flexibility index (Phi) is 10.6. The molecule has 0 spiro atoms. The van der Waals surface area contributed by atoms with Gasteiger partial charge in [-0.1, -0.05) is 174 Å². The highest BCUT2D eigenvalue weighted by Crippen LogP contribution is 2.61. The lowest BCUT2D eigenvalue weighted by molar-refractivity contribution is 0.196. The third kappa shape index (κ3) is 6.26. The molecule has 0 aliphatic carbocycles. The second kappa shape index (κ2) is 10.1. The average molecular weight is 723 g/mol. The molecule has 0 saturated heterocycles. The fourth-order valence-corrected chi connectivity index (χ4v) is 4.05. The summed E-state index contributed by atoms with van der Waals surface area (Å²) in [7, 11) is 0. The van der Waals surface area contributed by atoms with E-state index in [9.17, 15) is 5.11 Å². The number of hydrogen-bond acceptors (Lipinski definition) is 1. The van der Waals surface area contributed by atoms with Crippen molar-refractivity contribution in [3.63, 3.8) is 0 Å². The van der Waals surface area contributed by atoms with Crippen LogP contribution in [-0.4, -0.2) is 16.5 Å². The van der Waals surface area contributed by atoms with Gasteiger partial charge in [0.05, 0.1) is 6.10 Å². The maximum absolute atomic E-state index is 10.5. The van der Waals surface area contributed by atoms with Gasteiger partial charge in [-0.05, 0) is 41.3 Å². The number of aliphatic hydroxyl groups is 1. The van der Waals surface area contributed by atoms with Crippen LogP contribution in [0.3, 0.4) is 0 Å². The minimum atomic E-state index is -2.36. The summed E-state index contributed by atoms with van der Waals surface area (Å²) in [6.45, 7) is 1.30. The number of rotatable bonds is 4. The Morgan fingerprint density at radius 1 is 0.567 bits per heavy atom. The molecule has 174 valence electrons. The SMILES string of the molecule is CC(O)c1c(C(Cl)(Cl)C(Cl)(Cl)Cl)cc(C(Cl)(Cl)C(Cl)(Cl)Cl)cc1C(Cl)(Cl)C(Cl)(Cl)Cl. The summed E-state index contributed by atoms with van der Waals surface area (Å²) in [5.74, 6) is 0. The van der Waals surface area contributed by atoms with E-state index in [1.54, 1.807) is 0 Å². The van der Waals surface area contributed by atoms with Crippen molar-refractivity contribution in [1.29, 1.82) is 0 Å². The molecule has 1 N–H and O–H groups in total. The molecule has 1 rings (SSSR count). The zero-order valence-corrected chi connectivity index (χ0v) is 25.2. The highest BCUT2D eigenvalue weighted by atomic mass is 35.6. The first-order valence-electron chi connectivity index (χ1n) is 7.11. The quantitative estimate of drug-likeness (QED) is 0.307. The van der Waals surface area contributed by atoms with Gasteiger partial charge >= 0.3 is 0 Å². The molecule has 0 aliphatic rings. The highest BCUT2D eigenvalue weighted by molar-refractivity contribution is 6.77. The molecular formula is C14H7Cl15O. The Bertz CT molecular complexity index is 735. The second-order valence-corrected chi connectivity index (χ2v) is 16.7. The number of benzene rings is 1. The van der Waals surface area contributed by atoms with Crippen LogP contribution in [0, 0.1) is 0 Å². The fourth-order valence-electron chi connectivity index (χ4n) is 2.27. The first-order valence-corrected chi connectivity index (χ1v) is 12.8. The second-order valence-electron chi connectivity index (χ2n) is 5.88. The van der Waals surface area contributed by atoms with Gasteiger partial charge in [-0.15, -0.1) is 0 Å². The fraction of sp³-hybridized carbons (Fsp3) is 0.571. The molecule has 1 aromatic carbocycles. The molecule has 0 amide bonds. The lowest BCUT2D eigenvalue weighted by Crippen LogP contribution is -2.36. The molecule has 1 atom stereocenters. The van der Waals surface area contributed by atoms with E-state index in [4.69, 9.17) is 174 Å². The van der Waals surface area contributed by atoms with E-state index >= 15 is 0 Å². The van der Waals surface area contributed by atoms with E-state index in [0.717, 1.165) is 12.1 Å². The Hall–Kier alpha value is 3.53. The first kappa shape index (κ1) is 31.6. The smallest absolute Gasteiger partial charge is 0.227 e. The van der Waals surface area contributed by atoms with Crippen molar-refractivity contribution in [3.05, 3.63) is 34.4 Å². The molecule has 0 aromatic heterocycles. The molecule has 1 unspecified atom stereocenters. The van der Waals surface area contributed by atoms with Crippen LogP contribution < -0.4 is 0 Å². The van der Waals surface area contributed by atoms with Crippen LogP contribution >= 0.6 is 174 Å². The van der Waals surface area contributed by atoms with Crippen LogP contribution in [0.15, 0.2) is 12.1 Å². The monoisotopic (exact) mass is 716 g/mol. The maximum Gasteiger partial charge on any atom is 0.227 e. The highest BCUT2D eigenvalue weighted by Gasteiger charge is 2.55. The van der Waals surface area contributed by atoms with Gasteiger partial charge in [0.25, 0.3) is 0 Å². The normalized spacial score (nSPS) is 16.0. The number of aliphatic hydroxyl groups excluding tert-OH is 1. The topological polar surface area (TPSA) is 20.2 Å². The standard InChI is InChI=1S/C14H7Cl15O/c1-4(30)8-6(10(17,18)13(24,25)26)2-5(9(15,16)12(21,22)23)3-7(8)11(19,20)14(27,28)29/h2-4,30H,1H3. The Morgan fingerprint density at radius 2 is 0.833 bits per heavy atom. The predicted molar refractivity (Wildman–Crippen MR) is 138 cm³/mol. The molecule has 16 heteroatoms. The van der Waals surface area contributed by atoms with Gasteiger partial charge in [-0.3, -0.25) is 0 Å². The van der Waals surface area contributed by atoms with Crippen LogP contribution in [0.2, 0.25) is 0 Å². The van der Waals surface area contributed by atoms with Gasteiger partial charge in [-0.2, -0.15) is 0 Å². The molecule has 0 aliphatic heterocycles. The van der Waals surface area contributed by atoms with Crippen LogP contribution in [0.5, 0.6) is 0 Å². The third-order valence-corrected chi connectivity index (χ3v) is 10.9. The number of halogens is 15. The van der Waals surface area contributed by atoms with E-state index in [2.05, 4.69) is 0 Å². The van der Waals surface area contributed by atoms with E-state index in [0.29, 0.717) is 0 Å². The largest absolute Gasteiger partial charge is 0.389 e. The molecule has 1 nitrogen and oxygen atoms in total. The molecule has 0 radical (unpaired) electrons. The van der Waals surface area contributed by atoms with Crippen molar-refractivity contribution in [2.45, 2.75) is 37.4 Å². The zero-order chi connectivity index (χ0) is 24.3. The van der Waals surface area contributed by atoms with Crippen LogP contribution in [0.25, 0.3) is 0 Å². The van der Waals surface area contributed by atoms with Gasteiger partial charge < -0.3 is 5.11 Å². The zero-order valence-electron chi connectivity index (χ0n) is 13.8. The van der Waals surface area contributed by atoms with Crippen LogP contribution in [0.4, 0.5) is 0 Å². The first-order chi connectivity index (χ1) is 12.9. The minimum absolute atomic E-state index is 0.153. The maximum atomic E-state index is 10.5. The summed E-state index contributed by atoms with van der Waals surface area (Å²) in [6.07, 6.45) is -1.38. The van der Waals surface area contributed by atoms with Crippen molar-refractivity contribution in [1.82, 2.24) is 0 Å². The molecule has 30 heavy (non-hydrogen) atoms. The number of alkyl halides is 15. The van der Waals surface area contributed by atoms with Crippen LogP contribution in [0.1, 0.15) is 35.3 Å². The van der Waals surface area contributed by atoms with Crippen molar-refractivity contribution in [3.8, 4) is 0 Å². The van der Waals surface area contributed by atoms with Gasteiger partial charge in [0.1, 0.15) is 0 Å². The van der Waals surface area contributed by atoms with Crippen molar-refractivity contribution >= 4 is 174 Å². The summed E-state index contributed by atoms with van der Waals surface area (Å²) < 4.78 is -14.0. The summed E-state index contributed by atoms with van der Waals surface area (Å²) in [6, 6.07) is 2.27. The third-order valence-electron chi connectivity index (χ3n) is 3.70. The number of hydrogen-bond donors (Lipinski definition) is 1. The molecule has 0 heterocycles. The Balaban J connectivity index is 4.26. The molecule has 0 bridgehead atoms. The minimum Gasteiger partial charge on any atom is -0.389 e. The van der Waals surface area contributed by atoms with E-state index in [1.807, 2.05) is 0 Å². The summed E-state index contributed by atoms with van der Waals surface area (Å²) in [4.78, 5) is 0. The van der Waals surface area contributed by atoms with Gasteiger partial charge in [0.2, 0.25) is 11.4 Å². The van der Waals surface area contributed by atoms with Crippen LogP contribution in [-0.2, 0) is 13.0 Å². The van der Waals surface area contributed by atoms with Crippen molar-refractivity contribution in [2.75, 3.05) is 0 Å². The predicted octanol–water partition coefficient (Wildman–Crippen LogP) is 10.7. The van der Waals surface area contributed by atoms with E-state index in [-0.39, 0.29) is 22.3 Å². The molecule has 0 fully saturated rings. The van der Waals surface area contributed by atoms with Crippen molar-refractivity contribution in [2.24, 2.45) is 0 Å². The molecule has 1 aromatic rings. The van der Waals surface area contributed by atoms with E-state index < -0.39 is 30.5 Å². The lowest BCUT2D eigenvalue weighted by atomic mass is 9.89. The molecular weight excluding hydrogens is 716 g/mol. The summed E-state index contributed by atoms with van der Waals surface area (Å²) in [5, 5.41) is 10.5. The van der Waals surface area contributed by atoms with Crippen molar-refractivity contribution < 1.29 is 5.11 Å². The Morgan fingerprint density at radius 3 is 1.03 bits per heavy atom.